The van der Waals surface area contributed by atoms with E-state index in [0.717, 1.165) is 0 Å². The van der Waals surface area contributed by atoms with Crippen LogP contribution >= 0.6 is 11.6 Å². The van der Waals surface area contributed by atoms with Crippen molar-refractivity contribution in [3.63, 3.8) is 0 Å². The summed E-state index contributed by atoms with van der Waals surface area (Å²) in [7, 11) is 0. The van der Waals surface area contributed by atoms with Crippen molar-refractivity contribution in [1.82, 2.24) is 5.32 Å². The number of halogens is 1. The number of amides is 1. The first-order valence-corrected chi connectivity index (χ1v) is 6.06. The van der Waals surface area contributed by atoms with Gasteiger partial charge in [0, 0.05) is 30.0 Å². The minimum absolute atomic E-state index is 0.00333. The van der Waals surface area contributed by atoms with Crippen LogP contribution in [0.4, 0.5) is 0 Å². The van der Waals surface area contributed by atoms with Crippen molar-refractivity contribution < 1.29 is 9.59 Å². The molecule has 3 nitrogen and oxygen atoms in total. The summed E-state index contributed by atoms with van der Waals surface area (Å²) < 4.78 is 0. The Labute approximate surface area is 106 Å². The second-order valence-electron chi connectivity index (χ2n) is 3.74. The smallest absolute Gasteiger partial charge is 0.219 e. The number of rotatable bonds is 6. The zero-order chi connectivity index (χ0) is 12.7. The average molecular weight is 254 g/mol. The lowest BCUT2D eigenvalue weighted by Gasteiger charge is -2.02. The van der Waals surface area contributed by atoms with Crippen LogP contribution in [0.5, 0.6) is 0 Å². The topological polar surface area (TPSA) is 46.2 Å². The number of hydrogen-bond donors (Lipinski definition) is 1. The van der Waals surface area contributed by atoms with E-state index in [-0.39, 0.29) is 11.7 Å². The lowest BCUT2D eigenvalue weighted by Crippen LogP contribution is -2.22. The number of hydrogen-bond acceptors (Lipinski definition) is 2. The lowest BCUT2D eigenvalue weighted by atomic mass is 10.1. The molecule has 0 fully saturated rings. The van der Waals surface area contributed by atoms with Gasteiger partial charge in [-0.2, -0.15) is 0 Å². The maximum Gasteiger partial charge on any atom is 0.219 e. The van der Waals surface area contributed by atoms with Gasteiger partial charge in [-0.1, -0.05) is 11.6 Å². The molecule has 4 heteroatoms. The fourth-order valence-electron chi connectivity index (χ4n) is 1.48. The van der Waals surface area contributed by atoms with Crippen molar-refractivity contribution in [2.45, 2.75) is 26.2 Å². The Morgan fingerprint density at radius 2 is 1.82 bits per heavy atom. The monoisotopic (exact) mass is 253 g/mol. The van der Waals surface area contributed by atoms with Crippen LogP contribution in [0.15, 0.2) is 24.3 Å². The summed E-state index contributed by atoms with van der Waals surface area (Å²) in [6, 6.07) is 6.80. The number of ketones is 1. The molecule has 1 rings (SSSR count). The highest BCUT2D eigenvalue weighted by Gasteiger charge is 2.07. The lowest BCUT2D eigenvalue weighted by molar-refractivity contribution is -0.121. The fraction of sp³-hybridized carbons (Fsp3) is 0.385. The van der Waals surface area contributed by atoms with E-state index in [1.54, 1.807) is 24.3 Å². The molecule has 0 aromatic heterocycles. The minimum Gasteiger partial charge on any atom is -0.356 e. The molecule has 0 saturated heterocycles. The average Bonchev–Trinajstić information content (AvgIpc) is 2.30. The van der Waals surface area contributed by atoms with Gasteiger partial charge in [0.2, 0.25) is 5.91 Å². The Morgan fingerprint density at radius 3 is 2.41 bits per heavy atom. The van der Waals surface area contributed by atoms with Gasteiger partial charge in [-0.15, -0.1) is 0 Å². The van der Waals surface area contributed by atoms with E-state index in [2.05, 4.69) is 5.32 Å². The second kappa shape index (κ2) is 7.07. The van der Waals surface area contributed by atoms with Gasteiger partial charge < -0.3 is 5.32 Å². The highest BCUT2D eigenvalue weighted by Crippen LogP contribution is 2.12. The van der Waals surface area contributed by atoms with Crippen molar-refractivity contribution in [2.24, 2.45) is 0 Å². The number of carbonyl (C=O) groups is 2. The molecule has 0 unspecified atom stereocenters. The van der Waals surface area contributed by atoms with Crippen LogP contribution in [-0.2, 0) is 4.79 Å². The normalized spacial score (nSPS) is 10.0. The fourth-order valence-corrected chi connectivity index (χ4v) is 1.60. The third kappa shape index (κ3) is 5.00. The number of nitrogens with one attached hydrogen (secondary N) is 1. The SMILES string of the molecule is CCNC(=O)CCCC(=O)c1ccc(Cl)cc1. The minimum atomic E-state index is -0.00333. The first-order chi connectivity index (χ1) is 8.13. The summed E-state index contributed by atoms with van der Waals surface area (Å²) in [5.41, 5.74) is 0.644. The summed E-state index contributed by atoms with van der Waals surface area (Å²) in [5.74, 6) is 0.0439. The predicted molar refractivity (Wildman–Crippen MR) is 68.3 cm³/mol. The molecule has 0 heterocycles. The molecule has 1 N–H and O–H groups in total. The molecule has 0 aliphatic heterocycles. The summed E-state index contributed by atoms with van der Waals surface area (Å²) in [6.45, 7) is 2.50. The van der Waals surface area contributed by atoms with Gasteiger partial charge in [0.05, 0.1) is 0 Å². The molecule has 0 saturated carbocycles. The molecule has 0 atom stereocenters. The van der Waals surface area contributed by atoms with Gasteiger partial charge in [0.25, 0.3) is 0 Å². The Hall–Kier alpha value is -1.35. The summed E-state index contributed by atoms with van der Waals surface area (Å²) in [5, 5.41) is 3.31. The van der Waals surface area contributed by atoms with E-state index in [9.17, 15) is 9.59 Å². The number of benzene rings is 1. The van der Waals surface area contributed by atoms with Crippen LogP contribution in [0, 0.1) is 0 Å². The van der Waals surface area contributed by atoms with Gasteiger partial charge in [-0.3, -0.25) is 9.59 Å². The van der Waals surface area contributed by atoms with Gasteiger partial charge in [-0.05, 0) is 37.6 Å². The van der Waals surface area contributed by atoms with Crippen LogP contribution in [-0.4, -0.2) is 18.2 Å². The molecule has 17 heavy (non-hydrogen) atoms. The first-order valence-electron chi connectivity index (χ1n) is 5.69. The summed E-state index contributed by atoms with van der Waals surface area (Å²) in [4.78, 5) is 22.9. The van der Waals surface area contributed by atoms with Crippen molar-refractivity contribution >= 4 is 23.3 Å². The second-order valence-corrected chi connectivity index (χ2v) is 4.17. The Balaban J connectivity index is 2.35. The van der Waals surface area contributed by atoms with E-state index >= 15 is 0 Å². The largest absolute Gasteiger partial charge is 0.356 e. The molecule has 1 amide bonds. The van der Waals surface area contributed by atoms with Crippen molar-refractivity contribution in [1.29, 1.82) is 0 Å². The molecule has 1 aromatic carbocycles. The highest BCUT2D eigenvalue weighted by atomic mass is 35.5. The molecule has 1 aromatic rings. The quantitative estimate of drug-likeness (QED) is 0.793. The molecule has 0 aliphatic rings. The van der Waals surface area contributed by atoms with Crippen LogP contribution < -0.4 is 5.32 Å². The standard InChI is InChI=1S/C13H16ClNO2/c1-2-15-13(17)5-3-4-12(16)10-6-8-11(14)9-7-10/h6-9H,2-5H2,1H3,(H,15,17). The first kappa shape index (κ1) is 13.7. The molecule has 0 bridgehead atoms. The summed E-state index contributed by atoms with van der Waals surface area (Å²) >= 11 is 5.73. The van der Waals surface area contributed by atoms with E-state index < -0.39 is 0 Å². The highest BCUT2D eigenvalue weighted by molar-refractivity contribution is 6.30. The Morgan fingerprint density at radius 1 is 1.18 bits per heavy atom. The third-order valence-corrected chi connectivity index (χ3v) is 2.60. The van der Waals surface area contributed by atoms with E-state index in [0.29, 0.717) is 36.4 Å². The van der Waals surface area contributed by atoms with Crippen LogP contribution in [0.1, 0.15) is 36.5 Å². The molecule has 0 radical (unpaired) electrons. The molecular weight excluding hydrogens is 238 g/mol. The predicted octanol–water partition coefficient (Wildman–Crippen LogP) is 2.83. The number of Topliss-reactive ketones (excluding diaryl/α,β-unsaturated/α-hetero) is 1. The van der Waals surface area contributed by atoms with Crippen molar-refractivity contribution in [2.75, 3.05) is 6.54 Å². The van der Waals surface area contributed by atoms with Crippen molar-refractivity contribution in [3.05, 3.63) is 34.9 Å². The molecule has 92 valence electrons. The Bertz CT molecular complexity index is 387. The maximum atomic E-state index is 11.7. The maximum absolute atomic E-state index is 11.7. The molecular formula is C13H16ClNO2. The summed E-state index contributed by atoms with van der Waals surface area (Å²) in [6.07, 6.45) is 1.36. The van der Waals surface area contributed by atoms with Crippen LogP contribution in [0.3, 0.4) is 0 Å². The third-order valence-electron chi connectivity index (χ3n) is 2.35. The van der Waals surface area contributed by atoms with E-state index in [1.165, 1.54) is 0 Å². The van der Waals surface area contributed by atoms with Gasteiger partial charge in [0.1, 0.15) is 0 Å². The zero-order valence-corrected chi connectivity index (χ0v) is 10.6. The Kier molecular flexibility index (Phi) is 5.70. The molecule has 0 spiro atoms. The van der Waals surface area contributed by atoms with Gasteiger partial charge in [0.15, 0.2) is 5.78 Å². The van der Waals surface area contributed by atoms with Gasteiger partial charge in [-0.25, -0.2) is 0 Å². The van der Waals surface area contributed by atoms with E-state index in [1.807, 2.05) is 6.92 Å². The number of carbonyl (C=O) groups excluding carboxylic acids is 2. The molecule has 0 aliphatic carbocycles. The van der Waals surface area contributed by atoms with Gasteiger partial charge >= 0.3 is 0 Å². The zero-order valence-electron chi connectivity index (χ0n) is 9.83. The van der Waals surface area contributed by atoms with Crippen LogP contribution in [0.2, 0.25) is 5.02 Å². The van der Waals surface area contributed by atoms with Crippen LogP contribution in [0.25, 0.3) is 0 Å². The van der Waals surface area contributed by atoms with Crippen molar-refractivity contribution in [3.8, 4) is 0 Å². The van der Waals surface area contributed by atoms with E-state index in [4.69, 9.17) is 11.6 Å².